The molecule has 0 heterocycles. The van der Waals surface area contributed by atoms with Crippen LogP contribution >= 0.6 is 0 Å². The summed E-state index contributed by atoms with van der Waals surface area (Å²) in [4.78, 5) is 3.73. The van der Waals surface area contributed by atoms with Crippen LogP contribution in [0.4, 0.5) is 56.9 Å². The predicted octanol–water partition coefficient (Wildman–Crippen LogP) is 12.0. The van der Waals surface area contributed by atoms with Gasteiger partial charge in [0.15, 0.2) is 0 Å². The molecule has 0 atom stereocenters. The molecule has 0 aliphatic heterocycles. The normalized spacial score (nSPS) is 11.1. The fraction of sp³-hybridized carbons (Fsp3) is 0.143. The van der Waals surface area contributed by atoms with Crippen LogP contribution in [0.5, 0.6) is 34.5 Å². The van der Waals surface area contributed by atoms with Crippen LogP contribution in [0, 0.1) is 0 Å². The van der Waals surface area contributed by atoms with Crippen molar-refractivity contribution in [1.29, 1.82) is 0 Å². The second kappa shape index (κ2) is 21.2. The van der Waals surface area contributed by atoms with Crippen LogP contribution in [-0.2, 0) is 16.8 Å². The van der Waals surface area contributed by atoms with E-state index < -0.39 is 0 Å². The summed E-state index contributed by atoms with van der Waals surface area (Å²) in [6, 6.07) is 33.7. The number of azo groups is 4. The molecule has 0 aliphatic carbocycles. The molecule has 17 heteroatoms. The third-order valence-corrected chi connectivity index (χ3v) is 8.11. The SMILES string of the molecule is COc1ccc(N=Nc2ccc(O)c(N=Nc3ccc(N(C)C)cc3O)c2)cc1.COc1ccc(N=Nc2ccc(O)c(N=Nc3ccc(N(C)C)cc3O)c2)cc1.[Co]. The molecule has 0 bridgehead atoms. The number of nitrogens with zero attached hydrogens (tertiary/aromatic N) is 10. The third kappa shape index (κ3) is 12.8. The van der Waals surface area contributed by atoms with E-state index in [-0.39, 0.29) is 51.2 Å². The van der Waals surface area contributed by atoms with Gasteiger partial charge in [-0.25, -0.2) is 0 Å². The first-order valence-electron chi connectivity index (χ1n) is 17.5. The van der Waals surface area contributed by atoms with Gasteiger partial charge in [-0.15, -0.1) is 20.5 Å². The Labute approximate surface area is 351 Å². The van der Waals surface area contributed by atoms with Crippen molar-refractivity contribution in [2.45, 2.75) is 0 Å². The van der Waals surface area contributed by atoms with Crippen LogP contribution in [0.3, 0.4) is 0 Å². The fourth-order valence-corrected chi connectivity index (χ4v) is 4.80. The zero-order chi connectivity index (χ0) is 41.6. The van der Waals surface area contributed by atoms with Crippen LogP contribution in [0.25, 0.3) is 0 Å². The minimum atomic E-state index is -0.0541. The molecule has 0 aromatic heterocycles. The van der Waals surface area contributed by atoms with Crippen molar-refractivity contribution in [2.75, 3.05) is 52.2 Å². The van der Waals surface area contributed by atoms with E-state index in [4.69, 9.17) is 9.47 Å². The molecule has 4 N–H and O–H groups in total. The van der Waals surface area contributed by atoms with E-state index in [9.17, 15) is 20.4 Å². The number of rotatable bonds is 12. The quantitative estimate of drug-likeness (QED) is 0.0870. The molecule has 1 radical (unpaired) electrons. The largest absolute Gasteiger partial charge is 0.506 e. The molecule has 6 aromatic carbocycles. The maximum absolute atomic E-state index is 10.1. The topological polar surface area (TPSA) is 205 Å². The van der Waals surface area contributed by atoms with Crippen LogP contribution in [-0.4, -0.2) is 62.8 Å². The number of anilines is 2. The molecule has 0 saturated carbocycles. The Kier molecular flexibility index (Phi) is 16.0. The maximum atomic E-state index is 10.1. The van der Waals surface area contributed by atoms with Gasteiger partial charge in [0.1, 0.15) is 57.2 Å². The summed E-state index contributed by atoms with van der Waals surface area (Å²) in [6.07, 6.45) is 0. The number of benzene rings is 6. The summed E-state index contributed by atoms with van der Waals surface area (Å²) < 4.78 is 10.2. The van der Waals surface area contributed by atoms with E-state index in [1.165, 1.54) is 12.1 Å². The van der Waals surface area contributed by atoms with Gasteiger partial charge in [0, 0.05) is 68.5 Å². The Bertz CT molecular complexity index is 2270. The Morgan fingerprint density at radius 3 is 1.00 bits per heavy atom. The number of ether oxygens (including phenoxy) is 2. The van der Waals surface area contributed by atoms with Crippen molar-refractivity contribution >= 4 is 56.9 Å². The van der Waals surface area contributed by atoms with Crippen LogP contribution in [0.2, 0.25) is 0 Å². The molecule has 305 valence electrons. The monoisotopic (exact) mass is 841 g/mol. The minimum Gasteiger partial charge on any atom is -0.506 e. The van der Waals surface area contributed by atoms with Crippen molar-refractivity contribution < 1.29 is 46.7 Å². The predicted molar refractivity (Wildman–Crippen MR) is 224 cm³/mol. The van der Waals surface area contributed by atoms with E-state index in [0.717, 1.165) is 22.9 Å². The van der Waals surface area contributed by atoms with Gasteiger partial charge in [0.25, 0.3) is 0 Å². The van der Waals surface area contributed by atoms with Gasteiger partial charge < -0.3 is 39.7 Å². The molecule has 6 aromatic rings. The molecule has 0 fully saturated rings. The Balaban J connectivity index is 0.000000256. The van der Waals surface area contributed by atoms with Crippen LogP contribution < -0.4 is 19.3 Å². The second-order valence-electron chi connectivity index (χ2n) is 12.7. The number of hydrogen-bond donors (Lipinski definition) is 4. The minimum absolute atomic E-state index is 0. The van der Waals surface area contributed by atoms with Gasteiger partial charge in [-0.05, 0) is 109 Å². The van der Waals surface area contributed by atoms with E-state index >= 15 is 0 Å². The molecule has 0 unspecified atom stereocenters. The summed E-state index contributed by atoms with van der Waals surface area (Å²) in [6.45, 7) is 0. The van der Waals surface area contributed by atoms with Gasteiger partial charge in [-0.1, -0.05) is 0 Å². The third-order valence-electron chi connectivity index (χ3n) is 8.11. The fourth-order valence-electron chi connectivity index (χ4n) is 4.80. The first-order chi connectivity index (χ1) is 27.9. The number of hydrogen-bond acceptors (Lipinski definition) is 16. The van der Waals surface area contributed by atoms with Gasteiger partial charge in [0.05, 0.1) is 37.0 Å². The number of methoxy groups -OCH3 is 2. The molecule has 59 heavy (non-hydrogen) atoms. The van der Waals surface area contributed by atoms with E-state index in [0.29, 0.717) is 34.1 Å². The van der Waals surface area contributed by atoms with E-state index in [1.807, 2.05) is 50.1 Å². The molecular formula is C42H42CoN10O6. The summed E-state index contributed by atoms with van der Waals surface area (Å²) in [5.41, 5.74) is 5.01. The molecule has 0 aliphatic rings. The molecule has 6 rings (SSSR count). The standard InChI is InChI=1S/2C21H21N5O3.Co/c2*1-26(2)16-7-10-18(21(28)13-16)24-25-19-12-15(6-11-20(19)27)23-22-14-4-8-17(29-3)9-5-14;/h2*4-13,27-28H,1-3H3;. The molecule has 0 saturated heterocycles. The first-order valence-corrected chi connectivity index (χ1v) is 17.5. The molecule has 0 spiro atoms. The van der Waals surface area contributed by atoms with Crippen molar-refractivity contribution in [3.63, 3.8) is 0 Å². The van der Waals surface area contributed by atoms with Crippen molar-refractivity contribution in [2.24, 2.45) is 40.9 Å². The van der Waals surface area contributed by atoms with Crippen molar-refractivity contribution in [3.05, 3.63) is 121 Å². The maximum Gasteiger partial charge on any atom is 0.145 e. The van der Waals surface area contributed by atoms with Crippen molar-refractivity contribution in [1.82, 2.24) is 0 Å². The average Bonchev–Trinajstić information content (AvgIpc) is 3.23. The first kappa shape index (κ1) is 44.3. The van der Waals surface area contributed by atoms with Gasteiger partial charge in [-0.2, -0.15) is 20.5 Å². The smallest absolute Gasteiger partial charge is 0.145 e. The van der Waals surface area contributed by atoms with Gasteiger partial charge in [0.2, 0.25) is 0 Å². The Hall–Kier alpha value is -7.37. The van der Waals surface area contributed by atoms with E-state index in [1.54, 1.807) is 111 Å². The Morgan fingerprint density at radius 1 is 0.356 bits per heavy atom. The second-order valence-corrected chi connectivity index (χ2v) is 12.7. The van der Waals surface area contributed by atoms with Crippen LogP contribution in [0.15, 0.2) is 162 Å². The number of phenols is 4. The summed E-state index contributed by atoms with van der Waals surface area (Å²) in [5.74, 6) is 1.35. The van der Waals surface area contributed by atoms with E-state index in [2.05, 4.69) is 40.9 Å². The number of phenolic OH excluding ortho intramolecular Hbond substituents is 4. The van der Waals surface area contributed by atoms with Crippen LogP contribution in [0.1, 0.15) is 0 Å². The van der Waals surface area contributed by atoms with Crippen molar-refractivity contribution in [3.8, 4) is 34.5 Å². The zero-order valence-corrected chi connectivity index (χ0v) is 34.0. The zero-order valence-electron chi connectivity index (χ0n) is 33.0. The average molecular weight is 842 g/mol. The Morgan fingerprint density at radius 2 is 0.678 bits per heavy atom. The number of aromatic hydroxyl groups is 4. The molecule has 0 amide bonds. The van der Waals surface area contributed by atoms with Gasteiger partial charge in [-0.3, -0.25) is 0 Å². The molecule has 16 nitrogen and oxygen atoms in total. The summed E-state index contributed by atoms with van der Waals surface area (Å²) in [7, 11) is 10.7. The summed E-state index contributed by atoms with van der Waals surface area (Å²) >= 11 is 0. The van der Waals surface area contributed by atoms with Gasteiger partial charge >= 0.3 is 0 Å². The molecular weight excluding hydrogens is 799 g/mol. The summed E-state index contributed by atoms with van der Waals surface area (Å²) in [5, 5.41) is 73.0.